The molecule has 0 aliphatic carbocycles. The number of amides is 1. The highest BCUT2D eigenvalue weighted by atomic mass is 16.5. The second-order valence-corrected chi connectivity index (χ2v) is 10.2. The Balaban J connectivity index is 1.27. The Kier molecular flexibility index (Phi) is 8.44. The van der Waals surface area contributed by atoms with E-state index in [2.05, 4.69) is 24.3 Å². The van der Waals surface area contributed by atoms with E-state index in [0.717, 1.165) is 27.8 Å². The maximum Gasteiger partial charge on any atom is 0.306 e. The zero-order chi connectivity index (χ0) is 28.8. The zero-order valence-corrected chi connectivity index (χ0v) is 23.0. The van der Waals surface area contributed by atoms with Crippen molar-refractivity contribution >= 4 is 17.7 Å². The lowest BCUT2D eigenvalue weighted by Crippen LogP contribution is -2.37. The van der Waals surface area contributed by atoms with E-state index in [4.69, 9.17) is 20.6 Å². The number of carbonyl (C=O) groups excluding carboxylic acids is 2. The molecule has 5 rings (SSSR count). The van der Waals surface area contributed by atoms with Gasteiger partial charge < -0.3 is 20.1 Å². The third-order valence-electron chi connectivity index (χ3n) is 7.51. The summed E-state index contributed by atoms with van der Waals surface area (Å²) in [5.74, 6) is -0.132. The van der Waals surface area contributed by atoms with Crippen molar-refractivity contribution in [2.75, 3.05) is 13.7 Å². The Morgan fingerprint density at radius 1 is 0.854 bits per heavy atom. The largest absolute Gasteiger partial charge is 0.491 e. The van der Waals surface area contributed by atoms with Gasteiger partial charge in [-0.1, -0.05) is 91.0 Å². The molecule has 7 nitrogen and oxygen atoms in total. The van der Waals surface area contributed by atoms with Crippen molar-refractivity contribution in [1.82, 2.24) is 4.90 Å². The molecule has 1 aliphatic rings. The minimum absolute atomic E-state index is 0.0396. The van der Waals surface area contributed by atoms with Gasteiger partial charge in [-0.05, 0) is 46.4 Å². The molecule has 0 aromatic heterocycles. The van der Waals surface area contributed by atoms with Crippen LogP contribution in [0.5, 0.6) is 5.75 Å². The van der Waals surface area contributed by atoms with Crippen LogP contribution < -0.4 is 10.5 Å². The van der Waals surface area contributed by atoms with Crippen molar-refractivity contribution in [2.45, 2.75) is 25.4 Å². The molecule has 1 saturated heterocycles. The van der Waals surface area contributed by atoms with E-state index in [1.165, 1.54) is 7.11 Å². The number of ether oxygens (including phenoxy) is 2. The molecule has 0 radical (unpaired) electrons. The molecule has 3 N–H and O–H groups in total. The number of nitrogen functional groups attached to an aromatic ring is 1. The first-order valence-electron chi connectivity index (χ1n) is 13.6. The van der Waals surface area contributed by atoms with Crippen LogP contribution in [0.2, 0.25) is 0 Å². The number of hydrogen-bond donors (Lipinski definition) is 2. The number of amidine groups is 1. The summed E-state index contributed by atoms with van der Waals surface area (Å²) >= 11 is 0. The lowest BCUT2D eigenvalue weighted by Gasteiger charge is -2.25. The predicted octanol–water partition coefficient (Wildman–Crippen LogP) is 5.66. The summed E-state index contributed by atoms with van der Waals surface area (Å²) < 4.78 is 11.0. The standard InChI is InChI=1S/C34H33N3O4/c1-40-32(38)20-29-19-30(22-41-31-17-15-27(16-18-31)26-11-13-28(14-12-26)33(35)36)37(34(29)39)21-23-7-9-25(10-8-23)24-5-3-2-4-6-24/h2-18,29-30H,19-22H2,1H3,(H3,35,36)/t29-,30-/m0/s1. The Hall–Kier alpha value is -4.91. The van der Waals surface area contributed by atoms with E-state index in [1.54, 1.807) is 0 Å². The topological polar surface area (TPSA) is 106 Å². The average molecular weight is 548 g/mol. The van der Waals surface area contributed by atoms with Crippen LogP contribution in [0.3, 0.4) is 0 Å². The lowest BCUT2D eigenvalue weighted by molar-refractivity contribution is -0.145. The molecule has 0 bridgehead atoms. The number of methoxy groups -OCH3 is 1. The molecule has 1 amide bonds. The molecule has 4 aromatic rings. The quantitative estimate of drug-likeness (QED) is 0.151. The molecule has 7 heteroatoms. The van der Waals surface area contributed by atoms with E-state index < -0.39 is 5.92 Å². The molecule has 1 heterocycles. The summed E-state index contributed by atoms with van der Waals surface area (Å²) in [6, 6.07) is 33.5. The third-order valence-corrected chi connectivity index (χ3v) is 7.51. The number of hydrogen-bond acceptors (Lipinski definition) is 5. The van der Waals surface area contributed by atoms with Crippen molar-refractivity contribution in [3.8, 4) is 28.0 Å². The van der Waals surface area contributed by atoms with Gasteiger partial charge in [0.2, 0.25) is 5.91 Å². The second-order valence-electron chi connectivity index (χ2n) is 10.2. The molecular formula is C34H33N3O4. The zero-order valence-electron chi connectivity index (χ0n) is 23.0. The summed E-state index contributed by atoms with van der Waals surface area (Å²) in [5, 5.41) is 7.56. The smallest absolute Gasteiger partial charge is 0.306 e. The van der Waals surface area contributed by atoms with Gasteiger partial charge in [-0.15, -0.1) is 0 Å². The van der Waals surface area contributed by atoms with E-state index in [-0.39, 0.29) is 30.2 Å². The SMILES string of the molecule is COC(=O)C[C@@H]1C[C@@H](COc2ccc(-c3ccc(C(=N)N)cc3)cc2)N(Cc2ccc(-c3ccccc3)cc2)C1=O. The maximum absolute atomic E-state index is 13.4. The first-order chi connectivity index (χ1) is 19.9. The highest BCUT2D eigenvalue weighted by Gasteiger charge is 2.40. The summed E-state index contributed by atoms with van der Waals surface area (Å²) in [6.45, 7) is 0.757. The van der Waals surface area contributed by atoms with Crippen LogP contribution in [-0.4, -0.2) is 42.4 Å². The highest BCUT2D eigenvalue weighted by molar-refractivity contribution is 5.95. The van der Waals surface area contributed by atoms with Gasteiger partial charge in [0.15, 0.2) is 0 Å². The normalized spacial score (nSPS) is 16.4. The second kappa shape index (κ2) is 12.5. The van der Waals surface area contributed by atoms with E-state index in [1.807, 2.05) is 83.8 Å². The van der Waals surface area contributed by atoms with E-state index in [0.29, 0.717) is 30.9 Å². The van der Waals surface area contributed by atoms with Gasteiger partial charge in [-0.3, -0.25) is 15.0 Å². The number of nitrogens with two attached hydrogens (primary N) is 1. The molecule has 0 unspecified atom stereocenters. The number of esters is 1. The summed E-state index contributed by atoms with van der Waals surface area (Å²) in [7, 11) is 1.34. The van der Waals surface area contributed by atoms with Crippen LogP contribution in [0, 0.1) is 11.3 Å². The van der Waals surface area contributed by atoms with Gasteiger partial charge in [0.1, 0.15) is 18.2 Å². The number of rotatable bonds is 10. The van der Waals surface area contributed by atoms with Gasteiger partial charge in [0.25, 0.3) is 0 Å². The molecular weight excluding hydrogens is 514 g/mol. The Labute approximate surface area is 240 Å². The molecule has 1 fully saturated rings. The molecule has 0 saturated carbocycles. The average Bonchev–Trinajstić information content (AvgIpc) is 3.30. The van der Waals surface area contributed by atoms with Crippen LogP contribution in [0.1, 0.15) is 24.0 Å². The van der Waals surface area contributed by atoms with Crippen molar-refractivity contribution in [3.63, 3.8) is 0 Å². The Morgan fingerprint density at radius 3 is 2.00 bits per heavy atom. The minimum atomic E-state index is -0.431. The lowest BCUT2D eigenvalue weighted by atomic mass is 10.0. The fraction of sp³-hybridized carbons (Fsp3) is 0.206. The van der Waals surface area contributed by atoms with Crippen molar-refractivity contribution in [2.24, 2.45) is 11.7 Å². The van der Waals surface area contributed by atoms with Gasteiger partial charge in [0, 0.05) is 12.1 Å². The van der Waals surface area contributed by atoms with Crippen LogP contribution in [0.25, 0.3) is 22.3 Å². The van der Waals surface area contributed by atoms with Crippen LogP contribution in [0.15, 0.2) is 103 Å². The van der Waals surface area contributed by atoms with Gasteiger partial charge in [0.05, 0.1) is 25.5 Å². The first-order valence-corrected chi connectivity index (χ1v) is 13.6. The van der Waals surface area contributed by atoms with Gasteiger partial charge in [-0.2, -0.15) is 0 Å². The molecule has 4 aromatic carbocycles. The number of likely N-dealkylation sites (tertiary alicyclic amines) is 1. The monoisotopic (exact) mass is 547 g/mol. The molecule has 0 spiro atoms. The summed E-state index contributed by atoms with van der Waals surface area (Å²) in [4.78, 5) is 27.2. The van der Waals surface area contributed by atoms with Crippen LogP contribution in [0.4, 0.5) is 0 Å². The summed E-state index contributed by atoms with van der Waals surface area (Å²) in [6.07, 6.45) is 0.586. The number of nitrogens with zero attached hydrogens (tertiary/aromatic N) is 1. The van der Waals surface area contributed by atoms with Gasteiger partial charge in [-0.25, -0.2) is 0 Å². The molecule has 2 atom stereocenters. The first kappa shape index (κ1) is 27.6. The number of carbonyl (C=O) groups is 2. The Morgan fingerprint density at radius 2 is 1.41 bits per heavy atom. The third kappa shape index (κ3) is 6.64. The van der Waals surface area contributed by atoms with Crippen LogP contribution in [-0.2, 0) is 20.9 Å². The number of benzene rings is 4. The predicted molar refractivity (Wildman–Crippen MR) is 159 cm³/mol. The van der Waals surface area contributed by atoms with E-state index >= 15 is 0 Å². The van der Waals surface area contributed by atoms with Gasteiger partial charge >= 0.3 is 5.97 Å². The van der Waals surface area contributed by atoms with E-state index in [9.17, 15) is 9.59 Å². The maximum atomic E-state index is 13.4. The highest BCUT2D eigenvalue weighted by Crippen LogP contribution is 2.31. The summed E-state index contributed by atoms with van der Waals surface area (Å²) in [5.41, 5.74) is 11.5. The molecule has 1 aliphatic heterocycles. The van der Waals surface area contributed by atoms with Crippen molar-refractivity contribution in [1.29, 1.82) is 5.41 Å². The Bertz CT molecular complexity index is 1500. The van der Waals surface area contributed by atoms with Crippen molar-refractivity contribution in [3.05, 3.63) is 114 Å². The number of nitrogens with one attached hydrogen (secondary N) is 1. The minimum Gasteiger partial charge on any atom is -0.491 e. The molecule has 208 valence electrons. The van der Waals surface area contributed by atoms with Crippen LogP contribution >= 0.6 is 0 Å². The fourth-order valence-corrected chi connectivity index (χ4v) is 5.20. The molecule has 41 heavy (non-hydrogen) atoms. The fourth-order valence-electron chi connectivity index (χ4n) is 5.20. The van der Waals surface area contributed by atoms with Crippen molar-refractivity contribution < 1.29 is 19.1 Å².